The van der Waals surface area contributed by atoms with Crippen molar-refractivity contribution in [3.05, 3.63) is 54.1 Å². The van der Waals surface area contributed by atoms with Crippen LogP contribution in [-0.4, -0.2) is 7.12 Å². The minimum Gasteiger partial charge on any atom is -0.519 e. The molecule has 0 unspecified atom stereocenters. The lowest BCUT2D eigenvalue weighted by Gasteiger charge is -2.18. The Labute approximate surface area is 120 Å². The normalized spacial score (nSPS) is 13.7. The lowest BCUT2D eigenvalue weighted by atomic mass is 9.78. The Balaban J connectivity index is 1.74. The van der Waals surface area contributed by atoms with E-state index < -0.39 is 0 Å². The van der Waals surface area contributed by atoms with Crippen molar-refractivity contribution < 1.29 is 9.31 Å². The molecular formula is C17H19BO2. The van der Waals surface area contributed by atoms with E-state index in [1.54, 1.807) is 0 Å². The molecule has 3 rings (SSSR count). The van der Waals surface area contributed by atoms with Crippen molar-refractivity contribution in [2.24, 2.45) is 5.41 Å². The Morgan fingerprint density at radius 2 is 1.40 bits per heavy atom. The van der Waals surface area contributed by atoms with Gasteiger partial charge in [0.15, 0.2) is 0 Å². The third-order valence-corrected chi connectivity index (χ3v) is 3.30. The third-order valence-electron chi connectivity index (χ3n) is 3.30. The first-order chi connectivity index (χ1) is 9.51. The maximum atomic E-state index is 5.81. The van der Waals surface area contributed by atoms with Crippen molar-refractivity contribution in [3.8, 4) is 11.5 Å². The van der Waals surface area contributed by atoms with Crippen LogP contribution >= 0.6 is 0 Å². The maximum Gasteiger partial charge on any atom is 0.632 e. The van der Waals surface area contributed by atoms with E-state index in [2.05, 4.69) is 45.0 Å². The van der Waals surface area contributed by atoms with E-state index in [0.29, 0.717) is 5.41 Å². The molecule has 2 nitrogen and oxygen atoms in total. The molecule has 0 spiro atoms. The summed E-state index contributed by atoms with van der Waals surface area (Å²) in [6, 6.07) is 16.3. The van der Waals surface area contributed by atoms with Gasteiger partial charge in [-0.15, -0.1) is 0 Å². The number of hydrogen-bond donors (Lipinski definition) is 0. The molecular weight excluding hydrogens is 247 g/mol. The zero-order chi connectivity index (χ0) is 14.2. The van der Waals surface area contributed by atoms with Gasteiger partial charge in [0, 0.05) is 5.46 Å². The average Bonchev–Trinajstić information content (AvgIpc) is 2.81. The summed E-state index contributed by atoms with van der Waals surface area (Å²) in [7, 11) is -0.323. The van der Waals surface area contributed by atoms with Crippen molar-refractivity contribution in [2.45, 2.75) is 27.2 Å². The van der Waals surface area contributed by atoms with E-state index in [1.165, 1.54) is 5.56 Å². The van der Waals surface area contributed by atoms with Crippen LogP contribution in [0.1, 0.15) is 26.3 Å². The van der Waals surface area contributed by atoms with Crippen molar-refractivity contribution in [2.75, 3.05) is 0 Å². The highest BCUT2D eigenvalue weighted by Crippen LogP contribution is 2.32. The second-order valence-electron chi connectivity index (χ2n) is 6.49. The number of para-hydroxylation sites is 2. The first-order valence-electron chi connectivity index (χ1n) is 7.02. The summed E-state index contributed by atoms with van der Waals surface area (Å²) in [6.45, 7) is 6.75. The van der Waals surface area contributed by atoms with Crippen LogP contribution in [-0.2, 0) is 6.42 Å². The van der Waals surface area contributed by atoms with Crippen LogP contribution in [0.3, 0.4) is 0 Å². The summed E-state index contributed by atoms with van der Waals surface area (Å²) in [6.07, 6.45) is 1.07. The second-order valence-corrected chi connectivity index (χ2v) is 6.49. The molecule has 0 bridgehead atoms. The molecule has 102 valence electrons. The molecule has 1 aliphatic rings. The average molecular weight is 266 g/mol. The fraction of sp³-hybridized carbons (Fsp3) is 0.294. The van der Waals surface area contributed by atoms with Gasteiger partial charge in [0.25, 0.3) is 0 Å². The number of hydrogen-bond acceptors (Lipinski definition) is 2. The van der Waals surface area contributed by atoms with Crippen LogP contribution in [0, 0.1) is 5.41 Å². The van der Waals surface area contributed by atoms with E-state index in [4.69, 9.17) is 9.31 Å². The Morgan fingerprint density at radius 1 is 0.850 bits per heavy atom. The van der Waals surface area contributed by atoms with E-state index in [0.717, 1.165) is 23.4 Å². The predicted octanol–water partition coefficient (Wildman–Crippen LogP) is 3.44. The van der Waals surface area contributed by atoms with Gasteiger partial charge in [-0.05, 0) is 29.5 Å². The van der Waals surface area contributed by atoms with Crippen LogP contribution in [0.25, 0.3) is 0 Å². The van der Waals surface area contributed by atoms with E-state index in [1.807, 2.05) is 24.3 Å². The minimum atomic E-state index is -0.323. The first-order valence-corrected chi connectivity index (χ1v) is 7.02. The molecule has 20 heavy (non-hydrogen) atoms. The van der Waals surface area contributed by atoms with Gasteiger partial charge >= 0.3 is 7.12 Å². The predicted molar refractivity (Wildman–Crippen MR) is 82.7 cm³/mol. The van der Waals surface area contributed by atoms with Gasteiger partial charge in [-0.3, -0.25) is 0 Å². The standard InChI is InChI=1S/C17H19BO2/c1-17(2,3)12-13-8-10-14(11-9-13)18-19-15-6-4-5-7-16(15)20-18/h4-11H,12H2,1-3H3. The fourth-order valence-corrected chi connectivity index (χ4v) is 2.44. The number of benzene rings is 2. The summed E-state index contributed by atoms with van der Waals surface area (Å²) in [5, 5.41) is 0. The molecule has 0 atom stereocenters. The lowest BCUT2D eigenvalue weighted by molar-refractivity contribution is 0.411. The lowest BCUT2D eigenvalue weighted by Crippen LogP contribution is -2.38. The number of fused-ring (bicyclic) bond motifs is 1. The molecule has 2 aromatic carbocycles. The third kappa shape index (κ3) is 2.82. The van der Waals surface area contributed by atoms with Gasteiger partial charge < -0.3 is 9.31 Å². The van der Waals surface area contributed by atoms with Crippen molar-refractivity contribution >= 4 is 12.6 Å². The Kier molecular flexibility index (Phi) is 3.21. The van der Waals surface area contributed by atoms with Gasteiger partial charge in [-0.1, -0.05) is 57.2 Å². The SMILES string of the molecule is CC(C)(C)Cc1ccc(B2Oc3ccccc3O2)cc1. The van der Waals surface area contributed by atoms with Crippen LogP contribution in [0.2, 0.25) is 0 Å². The maximum absolute atomic E-state index is 5.81. The molecule has 0 fully saturated rings. The summed E-state index contributed by atoms with van der Waals surface area (Å²) in [5.74, 6) is 1.63. The zero-order valence-electron chi connectivity index (χ0n) is 12.2. The van der Waals surface area contributed by atoms with E-state index >= 15 is 0 Å². The first kappa shape index (κ1) is 13.1. The Morgan fingerprint density at radius 3 is 1.90 bits per heavy atom. The zero-order valence-corrected chi connectivity index (χ0v) is 12.2. The monoisotopic (exact) mass is 266 g/mol. The topological polar surface area (TPSA) is 18.5 Å². The molecule has 0 saturated carbocycles. The van der Waals surface area contributed by atoms with Crippen molar-refractivity contribution in [1.29, 1.82) is 0 Å². The van der Waals surface area contributed by atoms with Crippen LogP contribution in [0.5, 0.6) is 11.5 Å². The van der Waals surface area contributed by atoms with Gasteiger partial charge in [0.2, 0.25) is 0 Å². The van der Waals surface area contributed by atoms with Crippen LogP contribution in [0.4, 0.5) is 0 Å². The van der Waals surface area contributed by atoms with Gasteiger partial charge in [-0.25, -0.2) is 0 Å². The van der Waals surface area contributed by atoms with Gasteiger partial charge in [-0.2, -0.15) is 0 Å². The van der Waals surface area contributed by atoms with Crippen molar-refractivity contribution in [1.82, 2.24) is 0 Å². The molecule has 0 N–H and O–H groups in total. The highest BCUT2D eigenvalue weighted by molar-refractivity contribution is 6.63. The van der Waals surface area contributed by atoms with Crippen LogP contribution < -0.4 is 14.8 Å². The largest absolute Gasteiger partial charge is 0.632 e. The van der Waals surface area contributed by atoms with Gasteiger partial charge in [0.05, 0.1) is 0 Å². The molecule has 0 aromatic heterocycles. The molecule has 2 aromatic rings. The number of rotatable bonds is 2. The molecule has 0 saturated heterocycles. The molecule has 0 radical (unpaired) electrons. The molecule has 0 aliphatic carbocycles. The highest BCUT2D eigenvalue weighted by atomic mass is 16.6. The summed E-state index contributed by atoms with van der Waals surface area (Å²) in [4.78, 5) is 0. The summed E-state index contributed by atoms with van der Waals surface area (Å²) >= 11 is 0. The van der Waals surface area contributed by atoms with Crippen molar-refractivity contribution in [3.63, 3.8) is 0 Å². The van der Waals surface area contributed by atoms with Crippen LogP contribution in [0.15, 0.2) is 48.5 Å². The summed E-state index contributed by atoms with van der Waals surface area (Å²) < 4.78 is 11.6. The summed E-state index contributed by atoms with van der Waals surface area (Å²) in [5.41, 5.74) is 2.70. The minimum absolute atomic E-state index is 0.304. The molecule has 3 heteroatoms. The molecule has 0 amide bonds. The molecule has 1 aliphatic heterocycles. The second kappa shape index (κ2) is 4.90. The fourth-order valence-electron chi connectivity index (χ4n) is 2.44. The Hall–Kier alpha value is -1.90. The van der Waals surface area contributed by atoms with E-state index in [9.17, 15) is 0 Å². The van der Waals surface area contributed by atoms with Gasteiger partial charge in [0.1, 0.15) is 11.5 Å². The van der Waals surface area contributed by atoms with E-state index in [-0.39, 0.29) is 7.12 Å². The highest BCUT2D eigenvalue weighted by Gasteiger charge is 2.33. The Bertz CT molecular complexity index is 574. The molecule has 1 heterocycles. The smallest absolute Gasteiger partial charge is 0.519 e. The quantitative estimate of drug-likeness (QED) is 0.775.